The van der Waals surface area contributed by atoms with Crippen molar-refractivity contribution in [1.29, 1.82) is 0 Å². The molecule has 0 aromatic carbocycles. The molecule has 1 fully saturated rings. The van der Waals surface area contributed by atoms with E-state index in [1.807, 2.05) is 25.4 Å². The van der Waals surface area contributed by atoms with E-state index in [4.69, 9.17) is 0 Å². The number of nitrogens with zero attached hydrogens (tertiary/aromatic N) is 4. The lowest BCUT2D eigenvalue weighted by molar-refractivity contribution is -0.135. The van der Waals surface area contributed by atoms with E-state index in [2.05, 4.69) is 57.6 Å². The topological polar surface area (TPSA) is 51.0 Å². The number of carbonyl (C=O) groups is 1. The number of piperidine rings is 1. The van der Waals surface area contributed by atoms with Gasteiger partial charge in [0.1, 0.15) is 11.3 Å². The molecule has 1 aliphatic carbocycles. The Hall–Kier alpha value is -2.69. The third kappa shape index (κ3) is 4.19. The second kappa shape index (κ2) is 8.36. The van der Waals surface area contributed by atoms with E-state index in [1.54, 1.807) is 0 Å². The van der Waals surface area contributed by atoms with Gasteiger partial charge in [0.2, 0.25) is 5.91 Å². The van der Waals surface area contributed by atoms with Crippen molar-refractivity contribution in [2.45, 2.75) is 46.6 Å². The zero-order valence-electron chi connectivity index (χ0n) is 17.6. The summed E-state index contributed by atoms with van der Waals surface area (Å²) in [6, 6.07) is 2.04. The molecule has 5 nitrogen and oxygen atoms in total. The van der Waals surface area contributed by atoms with Gasteiger partial charge in [-0.3, -0.25) is 9.78 Å². The quantitative estimate of drug-likeness (QED) is 0.775. The number of likely N-dealkylation sites (tertiary alicyclic amines) is 1. The van der Waals surface area contributed by atoms with Crippen molar-refractivity contribution in [3.8, 4) is 0 Å². The molecule has 152 valence electrons. The van der Waals surface area contributed by atoms with Gasteiger partial charge in [-0.2, -0.15) is 0 Å². The minimum Gasteiger partial charge on any atom is -0.342 e. The van der Waals surface area contributed by atoms with Gasteiger partial charge >= 0.3 is 0 Å². The Bertz CT molecular complexity index is 989. The molecule has 1 atom stereocenters. The number of amides is 1. The van der Waals surface area contributed by atoms with E-state index in [0.717, 1.165) is 61.3 Å². The Morgan fingerprint density at radius 3 is 2.83 bits per heavy atom. The van der Waals surface area contributed by atoms with Crippen molar-refractivity contribution in [3.63, 3.8) is 0 Å². The van der Waals surface area contributed by atoms with Crippen LogP contribution in [0.5, 0.6) is 0 Å². The number of hydrogen-bond donors (Lipinski definition) is 0. The Kier molecular flexibility index (Phi) is 5.65. The molecule has 0 radical (unpaired) electrons. The molecule has 5 heteroatoms. The summed E-state index contributed by atoms with van der Waals surface area (Å²) < 4.78 is 2.30. The molecule has 0 saturated carbocycles. The number of aryl methyl sites for hydroxylation is 1. The maximum Gasteiger partial charge on any atom is 0.229 e. The summed E-state index contributed by atoms with van der Waals surface area (Å²) in [5.41, 5.74) is 4.55. The summed E-state index contributed by atoms with van der Waals surface area (Å²) in [6.45, 7) is 8.86. The molecular formula is C24H30N4O. The molecule has 1 saturated heterocycles. The highest BCUT2D eigenvalue weighted by Crippen LogP contribution is 2.26. The fraction of sp³-hybridized carbons (Fsp3) is 0.458. The second-order valence-corrected chi connectivity index (χ2v) is 8.41. The molecule has 0 bridgehead atoms. The van der Waals surface area contributed by atoms with Crippen molar-refractivity contribution >= 4 is 16.9 Å². The molecule has 0 N–H and O–H groups in total. The van der Waals surface area contributed by atoms with Crippen molar-refractivity contribution in [3.05, 3.63) is 59.7 Å². The molecule has 3 heterocycles. The average Bonchev–Trinajstić information content (AvgIpc) is 2.89. The summed E-state index contributed by atoms with van der Waals surface area (Å²) in [7, 11) is 0. The third-order valence-electron chi connectivity index (χ3n) is 6.29. The van der Waals surface area contributed by atoms with E-state index < -0.39 is 0 Å². The molecule has 4 rings (SSSR count). The highest BCUT2D eigenvalue weighted by molar-refractivity contribution is 5.82. The first-order chi connectivity index (χ1) is 14.0. The summed E-state index contributed by atoms with van der Waals surface area (Å²) in [4.78, 5) is 23.9. The standard InChI is InChI=1S/C24H30N4O/c1-17-5-4-6-21(8-7-17)18(2)24(29)27-13-10-20(11-14-27)16-28-19(3)26-22-15-25-12-9-23(22)28/h4,6-9,12,15,18,20H,5,10-11,13-14,16H2,1-3H3. The molecule has 1 aliphatic heterocycles. The Morgan fingerprint density at radius 1 is 1.24 bits per heavy atom. The maximum absolute atomic E-state index is 13.1. The van der Waals surface area contributed by atoms with Crippen LogP contribution in [0.1, 0.15) is 38.9 Å². The van der Waals surface area contributed by atoms with Crippen LogP contribution in [0.15, 0.2) is 53.9 Å². The molecule has 2 aromatic rings. The Balaban J connectivity index is 1.38. The van der Waals surface area contributed by atoms with E-state index >= 15 is 0 Å². The van der Waals surface area contributed by atoms with Gasteiger partial charge in [0, 0.05) is 25.8 Å². The fourth-order valence-electron chi connectivity index (χ4n) is 4.37. The molecule has 2 aliphatic rings. The predicted octanol–water partition coefficient (Wildman–Crippen LogP) is 4.45. The lowest BCUT2D eigenvalue weighted by atomic mass is 9.93. The van der Waals surface area contributed by atoms with Gasteiger partial charge in [0.15, 0.2) is 0 Å². The number of rotatable bonds is 4. The van der Waals surface area contributed by atoms with E-state index in [0.29, 0.717) is 5.92 Å². The van der Waals surface area contributed by atoms with Crippen molar-refractivity contribution in [2.24, 2.45) is 11.8 Å². The number of imidazole rings is 1. The van der Waals surface area contributed by atoms with Gasteiger partial charge in [0.05, 0.1) is 17.6 Å². The lowest BCUT2D eigenvalue weighted by Crippen LogP contribution is -2.42. The van der Waals surface area contributed by atoms with Crippen LogP contribution in [0.25, 0.3) is 11.0 Å². The molecule has 2 aromatic heterocycles. The van der Waals surface area contributed by atoms with Crippen LogP contribution < -0.4 is 0 Å². The molecule has 1 amide bonds. The van der Waals surface area contributed by atoms with Gasteiger partial charge in [-0.15, -0.1) is 0 Å². The van der Waals surface area contributed by atoms with Gasteiger partial charge in [-0.25, -0.2) is 4.98 Å². The van der Waals surface area contributed by atoms with E-state index in [-0.39, 0.29) is 11.8 Å². The van der Waals surface area contributed by atoms with Crippen LogP contribution in [-0.4, -0.2) is 38.4 Å². The lowest BCUT2D eigenvalue weighted by Gasteiger charge is -2.34. The monoisotopic (exact) mass is 390 g/mol. The normalized spacial score (nSPS) is 19.1. The smallest absolute Gasteiger partial charge is 0.229 e. The van der Waals surface area contributed by atoms with E-state index in [9.17, 15) is 4.79 Å². The summed E-state index contributed by atoms with van der Waals surface area (Å²) >= 11 is 0. The third-order valence-corrected chi connectivity index (χ3v) is 6.29. The summed E-state index contributed by atoms with van der Waals surface area (Å²) in [5, 5.41) is 0. The molecule has 0 spiro atoms. The van der Waals surface area contributed by atoms with Crippen LogP contribution in [0, 0.1) is 18.8 Å². The highest BCUT2D eigenvalue weighted by Gasteiger charge is 2.27. The van der Waals surface area contributed by atoms with Crippen LogP contribution in [-0.2, 0) is 11.3 Å². The number of hydrogen-bond acceptors (Lipinski definition) is 3. The zero-order valence-corrected chi connectivity index (χ0v) is 17.6. The predicted molar refractivity (Wildman–Crippen MR) is 116 cm³/mol. The molecular weight excluding hydrogens is 360 g/mol. The number of aromatic nitrogens is 3. The number of pyridine rings is 1. The van der Waals surface area contributed by atoms with Crippen LogP contribution in [0.4, 0.5) is 0 Å². The largest absolute Gasteiger partial charge is 0.342 e. The van der Waals surface area contributed by atoms with Crippen molar-refractivity contribution in [1.82, 2.24) is 19.4 Å². The number of allylic oxidation sites excluding steroid dienone is 5. The van der Waals surface area contributed by atoms with E-state index in [1.165, 1.54) is 5.57 Å². The highest BCUT2D eigenvalue weighted by atomic mass is 16.2. The maximum atomic E-state index is 13.1. The van der Waals surface area contributed by atoms with Crippen LogP contribution in [0.2, 0.25) is 0 Å². The van der Waals surface area contributed by atoms with Gasteiger partial charge in [0.25, 0.3) is 0 Å². The average molecular weight is 391 g/mol. The SMILES string of the molecule is CC1=CC=C(C(C)C(=O)N2CCC(Cn3c(C)nc4cnccc43)CC2)C=CC1. The van der Waals surface area contributed by atoms with Crippen LogP contribution >= 0.6 is 0 Å². The second-order valence-electron chi connectivity index (χ2n) is 8.41. The first-order valence-electron chi connectivity index (χ1n) is 10.6. The minimum absolute atomic E-state index is 0.0858. The first-order valence-corrected chi connectivity index (χ1v) is 10.6. The number of carbonyl (C=O) groups excluding carboxylic acids is 1. The van der Waals surface area contributed by atoms with Gasteiger partial charge in [-0.05, 0) is 57.6 Å². The van der Waals surface area contributed by atoms with Gasteiger partial charge in [-0.1, -0.05) is 29.9 Å². The van der Waals surface area contributed by atoms with Crippen molar-refractivity contribution < 1.29 is 4.79 Å². The van der Waals surface area contributed by atoms with Crippen LogP contribution in [0.3, 0.4) is 0 Å². The Morgan fingerprint density at radius 2 is 2.03 bits per heavy atom. The zero-order chi connectivity index (χ0) is 20.4. The van der Waals surface area contributed by atoms with Gasteiger partial charge < -0.3 is 9.47 Å². The number of fused-ring (bicyclic) bond motifs is 1. The molecule has 1 unspecified atom stereocenters. The summed E-state index contributed by atoms with van der Waals surface area (Å²) in [5.74, 6) is 1.77. The fourth-order valence-corrected chi connectivity index (χ4v) is 4.37. The Labute approximate surface area is 172 Å². The van der Waals surface area contributed by atoms with Crippen molar-refractivity contribution in [2.75, 3.05) is 13.1 Å². The molecule has 29 heavy (non-hydrogen) atoms. The first kappa shape index (κ1) is 19.6. The summed E-state index contributed by atoms with van der Waals surface area (Å²) in [6.07, 6.45) is 15.2. The minimum atomic E-state index is -0.0858.